The van der Waals surface area contributed by atoms with Crippen molar-refractivity contribution in [1.29, 1.82) is 0 Å². The van der Waals surface area contributed by atoms with E-state index in [4.69, 9.17) is 15.2 Å². The standard InChI is InChI=1S/C15H29N3O2/c1-12(2)6-9-17-14(16)18-10-13-11-19-15(20-13)7-4-3-5-8-15/h12-13H,3-11H2,1-2H3,(H3,16,17,18). The molecule has 1 atom stereocenters. The van der Waals surface area contributed by atoms with Crippen molar-refractivity contribution in [3.8, 4) is 0 Å². The minimum atomic E-state index is -0.307. The Kier molecular flexibility index (Phi) is 5.66. The molecule has 3 N–H and O–H groups in total. The molecule has 2 aliphatic rings. The number of aliphatic imine (C=N–C) groups is 1. The summed E-state index contributed by atoms with van der Waals surface area (Å²) < 4.78 is 12.0. The van der Waals surface area contributed by atoms with Crippen molar-refractivity contribution in [3.05, 3.63) is 0 Å². The van der Waals surface area contributed by atoms with Crippen molar-refractivity contribution in [2.45, 2.75) is 64.3 Å². The highest BCUT2D eigenvalue weighted by atomic mass is 16.7. The first-order valence-electron chi connectivity index (χ1n) is 7.95. The quantitative estimate of drug-likeness (QED) is 0.598. The fraction of sp³-hybridized carbons (Fsp3) is 0.933. The largest absolute Gasteiger partial charge is 0.370 e. The number of rotatable bonds is 5. The number of hydrogen-bond acceptors (Lipinski definition) is 3. The first-order valence-corrected chi connectivity index (χ1v) is 7.95. The van der Waals surface area contributed by atoms with Crippen molar-refractivity contribution in [2.24, 2.45) is 16.6 Å². The van der Waals surface area contributed by atoms with Gasteiger partial charge < -0.3 is 20.5 Å². The summed E-state index contributed by atoms with van der Waals surface area (Å²) in [6.07, 6.45) is 6.90. The summed E-state index contributed by atoms with van der Waals surface area (Å²) in [6, 6.07) is 0. The minimum absolute atomic E-state index is 0.0542. The number of nitrogens with one attached hydrogen (secondary N) is 1. The molecule has 5 nitrogen and oxygen atoms in total. The van der Waals surface area contributed by atoms with Gasteiger partial charge in [-0.05, 0) is 25.2 Å². The molecule has 0 bridgehead atoms. The molecule has 0 aromatic heterocycles. The predicted octanol–water partition coefficient (Wildman–Crippen LogP) is 2.01. The number of nitrogens with zero attached hydrogens (tertiary/aromatic N) is 1. The maximum absolute atomic E-state index is 6.07. The van der Waals surface area contributed by atoms with Gasteiger partial charge in [-0.25, -0.2) is 0 Å². The summed E-state index contributed by atoms with van der Waals surface area (Å²) in [5, 5.41) is 3.14. The Bertz CT molecular complexity index is 325. The number of ether oxygens (including phenoxy) is 2. The summed E-state index contributed by atoms with van der Waals surface area (Å²) in [7, 11) is 0. The highest BCUT2D eigenvalue weighted by Gasteiger charge is 2.41. The van der Waals surface area contributed by atoms with E-state index < -0.39 is 0 Å². The van der Waals surface area contributed by atoms with E-state index in [1.165, 1.54) is 19.3 Å². The molecule has 116 valence electrons. The van der Waals surface area contributed by atoms with E-state index in [2.05, 4.69) is 24.2 Å². The zero-order valence-corrected chi connectivity index (χ0v) is 12.9. The van der Waals surface area contributed by atoms with Crippen LogP contribution in [0.3, 0.4) is 0 Å². The number of hydrogen-bond donors (Lipinski definition) is 2. The fourth-order valence-electron chi connectivity index (χ4n) is 2.80. The fourth-order valence-corrected chi connectivity index (χ4v) is 2.80. The van der Waals surface area contributed by atoms with Crippen LogP contribution < -0.4 is 11.1 Å². The normalized spacial score (nSPS) is 26.4. The maximum Gasteiger partial charge on any atom is 0.188 e. The van der Waals surface area contributed by atoms with Crippen molar-refractivity contribution in [2.75, 3.05) is 19.7 Å². The molecule has 2 rings (SSSR count). The van der Waals surface area contributed by atoms with Gasteiger partial charge in [0.1, 0.15) is 6.10 Å². The molecule has 1 unspecified atom stereocenters. The van der Waals surface area contributed by atoms with E-state index in [0.717, 1.165) is 25.8 Å². The highest BCUT2D eigenvalue weighted by molar-refractivity contribution is 5.77. The molecule has 0 radical (unpaired) electrons. The summed E-state index contributed by atoms with van der Waals surface area (Å²) in [4.78, 5) is 4.36. The van der Waals surface area contributed by atoms with Crippen molar-refractivity contribution >= 4 is 5.96 Å². The van der Waals surface area contributed by atoms with Crippen LogP contribution in [0.4, 0.5) is 0 Å². The topological polar surface area (TPSA) is 68.9 Å². The molecule has 1 aliphatic heterocycles. The van der Waals surface area contributed by atoms with Gasteiger partial charge in [-0.2, -0.15) is 0 Å². The van der Waals surface area contributed by atoms with Gasteiger partial charge in [-0.15, -0.1) is 0 Å². The molecule has 1 heterocycles. The molecule has 1 saturated carbocycles. The summed E-state index contributed by atoms with van der Waals surface area (Å²) in [5.74, 6) is 0.880. The van der Waals surface area contributed by atoms with Gasteiger partial charge in [0.05, 0.1) is 13.2 Å². The lowest BCUT2D eigenvalue weighted by Crippen LogP contribution is -2.35. The Morgan fingerprint density at radius 3 is 2.80 bits per heavy atom. The average Bonchev–Trinajstić information content (AvgIpc) is 2.80. The van der Waals surface area contributed by atoms with Crippen molar-refractivity contribution < 1.29 is 9.47 Å². The van der Waals surface area contributed by atoms with Gasteiger partial charge in [-0.3, -0.25) is 4.99 Å². The molecule has 0 aromatic rings. The maximum atomic E-state index is 6.07. The zero-order chi connectivity index (χ0) is 14.4. The van der Waals surface area contributed by atoms with Crippen LogP contribution >= 0.6 is 0 Å². The van der Waals surface area contributed by atoms with E-state index in [1.54, 1.807) is 0 Å². The van der Waals surface area contributed by atoms with Crippen molar-refractivity contribution in [3.63, 3.8) is 0 Å². The van der Waals surface area contributed by atoms with Gasteiger partial charge >= 0.3 is 0 Å². The van der Waals surface area contributed by atoms with Crippen LogP contribution in [0.5, 0.6) is 0 Å². The van der Waals surface area contributed by atoms with Crippen molar-refractivity contribution in [1.82, 2.24) is 5.32 Å². The van der Waals surface area contributed by atoms with E-state index in [1.807, 2.05) is 0 Å². The van der Waals surface area contributed by atoms with E-state index in [0.29, 0.717) is 25.0 Å². The van der Waals surface area contributed by atoms with Gasteiger partial charge in [0, 0.05) is 19.4 Å². The minimum Gasteiger partial charge on any atom is -0.370 e. The average molecular weight is 283 g/mol. The van der Waals surface area contributed by atoms with E-state index in [-0.39, 0.29) is 11.9 Å². The predicted molar refractivity (Wildman–Crippen MR) is 80.6 cm³/mol. The number of nitrogens with two attached hydrogens (primary N) is 1. The molecule has 1 saturated heterocycles. The first kappa shape index (κ1) is 15.6. The van der Waals surface area contributed by atoms with Crippen LogP contribution in [-0.4, -0.2) is 37.5 Å². The third-order valence-corrected chi connectivity index (χ3v) is 4.02. The molecular formula is C15H29N3O2. The molecule has 20 heavy (non-hydrogen) atoms. The van der Waals surface area contributed by atoms with E-state index >= 15 is 0 Å². The number of guanidine groups is 1. The molecule has 0 aromatic carbocycles. The van der Waals surface area contributed by atoms with Gasteiger partial charge in [0.2, 0.25) is 0 Å². The summed E-state index contributed by atoms with van der Waals surface area (Å²) >= 11 is 0. The molecule has 5 heteroatoms. The lowest BCUT2D eigenvalue weighted by atomic mass is 9.94. The van der Waals surface area contributed by atoms with Gasteiger partial charge in [0.25, 0.3) is 0 Å². The third-order valence-electron chi connectivity index (χ3n) is 4.02. The Balaban J connectivity index is 1.69. The van der Waals surface area contributed by atoms with Gasteiger partial charge in [0.15, 0.2) is 11.7 Å². The zero-order valence-electron chi connectivity index (χ0n) is 12.9. The van der Waals surface area contributed by atoms with E-state index in [9.17, 15) is 0 Å². The molecule has 2 fully saturated rings. The lowest BCUT2D eigenvalue weighted by Gasteiger charge is -2.31. The second-order valence-corrected chi connectivity index (χ2v) is 6.36. The van der Waals surface area contributed by atoms with Crippen LogP contribution in [0.25, 0.3) is 0 Å². The van der Waals surface area contributed by atoms with Crippen LogP contribution in [0, 0.1) is 5.92 Å². The Morgan fingerprint density at radius 1 is 1.35 bits per heavy atom. The van der Waals surface area contributed by atoms with Crippen LogP contribution in [0.2, 0.25) is 0 Å². The highest BCUT2D eigenvalue weighted by Crippen LogP contribution is 2.37. The Morgan fingerprint density at radius 2 is 2.10 bits per heavy atom. The summed E-state index contributed by atoms with van der Waals surface area (Å²) in [5.41, 5.74) is 5.85. The third kappa shape index (κ3) is 4.63. The van der Waals surface area contributed by atoms with Gasteiger partial charge in [-0.1, -0.05) is 20.3 Å². The smallest absolute Gasteiger partial charge is 0.188 e. The van der Waals surface area contributed by atoms with Crippen LogP contribution in [0.15, 0.2) is 4.99 Å². The summed E-state index contributed by atoms with van der Waals surface area (Å²) in [6.45, 7) is 6.49. The monoisotopic (exact) mass is 283 g/mol. The first-order chi connectivity index (χ1) is 9.60. The molecular weight excluding hydrogens is 254 g/mol. The Labute approximate surface area is 122 Å². The lowest BCUT2D eigenvalue weighted by molar-refractivity contribution is -0.186. The van der Waals surface area contributed by atoms with Crippen LogP contribution in [-0.2, 0) is 9.47 Å². The van der Waals surface area contributed by atoms with Crippen LogP contribution in [0.1, 0.15) is 52.4 Å². The second kappa shape index (κ2) is 7.27. The SMILES string of the molecule is CC(C)CCNC(N)=NCC1COC2(CCCCC2)O1. The second-order valence-electron chi connectivity index (χ2n) is 6.36. The molecule has 1 spiro atoms. The Hall–Kier alpha value is -0.810. The molecule has 1 aliphatic carbocycles. The molecule has 0 amide bonds.